The molecule has 10 heteroatoms. The number of nitrogens with zero attached hydrogens (tertiary/aromatic N) is 3. The van der Waals surface area contributed by atoms with Crippen LogP contribution in [-0.4, -0.2) is 91.6 Å². The van der Waals surface area contributed by atoms with Gasteiger partial charge in [0.15, 0.2) is 0 Å². The molecule has 0 unspecified atom stereocenters. The lowest BCUT2D eigenvalue weighted by atomic mass is 9.83. The zero-order valence-electron chi connectivity index (χ0n) is 23.4. The smallest absolute Gasteiger partial charge is 0.248 e. The van der Waals surface area contributed by atoms with Crippen molar-refractivity contribution in [1.29, 1.82) is 0 Å². The Morgan fingerprint density at radius 2 is 2.05 bits per heavy atom. The summed E-state index contributed by atoms with van der Waals surface area (Å²) in [6, 6.07) is 5.84. The molecule has 0 spiro atoms. The number of rotatable bonds is 10. The number of aryl methyl sites for hydroxylation is 1. The molecule has 3 aliphatic rings. The molecular weight excluding hydrogens is 537 g/mol. The molecule has 1 aromatic rings. The summed E-state index contributed by atoms with van der Waals surface area (Å²) in [5, 5.41) is 27.0. The Balaban J connectivity index is 1.48. The van der Waals surface area contributed by atoms with Gasteiger partial charge in [0.25, 0.3) is 0 Å². The van der Waals surface area contributed by atoms with E-state index in [1.54, 1.807) is 36.6 Å². The van der Waals surface area contributed by atoms with Gasteiger partial charge in [-0.25, -0.2) is 0 Å². The maximum absolute atomic E-state index is 12.4. The molecule has 0 bridgehead atoms. The largest absolute Gasteiger partial charge is 0.507 e. The van der Waals surface area contributed by atoms with Gasteiger partial charge in [-0.1, -0.05) is 45.7 Å². The monoisotopic (exact) mass is 578 g/mol. The van der Waals surface area contributed by atoms with Crippen molar-refractivity contribution in [1.82, 2.24) is 10.2 Å². The number of benzene rings is 1. The van der Waals surface area contributed by atoms with Gasteiger partial charge in [0, 0.05) is 35.8 Å². The van der Waals surface area contributed by atoms with E-state index in [0.29, 0.717) is 11.5 Å². The third-order valence-electron chi connectivity index (χ3n) is 7.97. The minimum absolute atomic E-state index is 0.0471. The first kappa shape index (κ1) is 29.8. The van der Waals surface area contributed by atoms with Crippen LogP contribution in [0.3, 0.4) is 0 Å². The quantitative estimate of drug-likeness (QED) is 0.354. The number of unbranched alkanes of at least 4 members (excludes halogenated alkanes) is 2. The fourth-order valence-corrected chi connectivity index (χ4v) is 9.67. The summed E-state index contributed by atoms with van der Waals surface area (Å²) >= 11 is 5.15. The summed E-state index contributed by atoms with van der Waals surface area (Å²) in [6.07, 6.45) is 3.77. The molecule has 0 aliphatic carbocycles. The first-order valence-corrected chi connectivity index (χ1v) is 16.5. The second-order valence-corrected chi connectivity index (χ2v) is 14.4. The molecule has 0 aromatic heterocycles. The summed E-state index contributed by atoms with van der Waals surface area (Å²) < 4.78 is 0. The summed E-state index contributed by atoms with van der Waals surface area (Å²) in [5.74, 6) is 2.47. The van der Waals surface area contributed by atoms with Crippen LogP contribution in [0.4, 0.5) is 0 Å². The van der Waals surface area contributed by atoms with E-state index >= 15 is 0 Å². The van der Waals surface area contributed by atoms with Crippen LogP contribution >= 0.6 is 35.3 Å². The first-order chi connectivity index (χ1) is 18.0. The second-order valence-electron chi connectivity index (χ2n) is 11.3. The molecule has 38 heavy (non-hydrogen) atoms. The molecule has 0 radical (unpaired) electrons. The van der Waals surface area contributed by atoms with Crippen molar-refractivity contribution >= 4 is 51.3 Å². The number of aliphatic hydroxyl groups is 1. The van der Waals surface area contributed by atoms with E-state index in [2.05, 4.69) is 30.3 Å². The van der Waals surface area contributed by atoms with Crippen LogP contribution in [0, 0.1) is 5.41 Å². The van der Waals surface area contributed by atoms with Crippen molar-refractivity contribution in [2.75, 3.05) is 31.4 Å². The third-order valence-corrected chi connectivity index (χ3v) is 12.2. The zero-order chi connectivity index (χ0) is 27.7. The molecule has 3 N–H and O–H groups in total. The van der Waals surface area contributed by atoms with Gasteiger partial charge < -0.3 is 15.5 Å². The van der Waals surface area contributed by atoms with Crippen molar-refractivity contribution in [3.8, 4) is 5.75 Å². The van der Waals surface area contributed by atoms with Crippen LogP contribution in [0.5, 0.6) is 5.75 Å². The molecule has 3 aliphatic heterocycles. The Labute approximate surface area is 240 Å². The Morgan fingerprint density at radius 3 is 2.76 bits per heavy atom. The van der Waals surface area contributed by atoms with Gasteiger partial charge in [-0.3, -0.25) is 19.7 Å². The highest BCUT2D eigenvalue weighted by atomic mass is 32.2. The number of hydrogen-bond acceptors (Lipinski definition) is 9. The van der Waals surface area contributed by atoms with E-state index in [4.69, 9.17) is 9.98 Å². The number of nitrogens with one attached hydrogen (secondary N) is 1. The Hall–Kier alpha value is -1.20. The van der Waals surface area contributed by atoms with E-state index in [0.717, 1.165) is 40.0 Å². The molecular formula is C28H42N4O3S3. The van der Waals surface area contributed by atoms with Gasteiger partial charge in [0.05, 0.1) is 28.1 Å². The first-order valence-electron chi connectivity index (χ1n) is 13.5. The number of aromatic hydroxyl groups is 1. The summed E-state index contributed by atoms with van der Waals surface area (Å²) in [7, 11) is 3.72. The van der Waals surface area contributed by atoms with E-state index in [1.807, 2.05) is 38.6 Å². The molecule has 1 amide bonds. The normalized spacial score (nSPS) is 28.9. The molecule has 0 saturated carbocycles. The van der Waals surface area contributed by atoms with E-state index in [9.17, 15) is 15.0 Å². The summed E-state index contributed by atoms with van der Waals surface area (Å²) in [6.45, 7) is 8.12. The van der Waals surface area contributed by atoms with Gasteiger partial charge >= 0.3 is 0 Å². The van der Waals surface area contributed by atoms with Crippen LogP contribution in [0.25, 0.3) is 0 Å². The van der Waals surface area contributed by atoms with Gasteiger partial charge in [-0.15, -0.1) is 35.3 Å². The van der Waals surface area contributed by atoms with Crippen LogP contribution in [0.15, 0.2) is 28.2 Å². The van der Waals surface area contributed by atoms with Gasteiger partial charge in [-0.2, -0.15) is 0 Å². The van der Waals surface area contributed by atoms with Crippen molar-refractivity contribution < 1.29 is 15.0 Å². The molecule has 1 saturated heterocycles. The number of phenolic OH excluding ortho intramolecular Hbond substituents is 1. The second kappa shape index (κ2) is 12.1. The number of aliphatic hydroxyl groups excluding tert-OH is 1. The van der Waals surface area contributed by atoms with Crippen molar-refractivity contribution in [2.24, 2.45) is 15.4 Å². The highest BCUT2D eigenvalue weighted by Crippen LogP contribution is 2.44. The number of carbonyl (C=O) groups is 1. The molecule has 4 rings (SSSR count). The SMILES string of the molecule is CCCCCc1cccc(O)c1C1=N[C@@H]([C@H]2SC[C@@H]([C@@H](O)C(C)(C)C3=N[C@@](C)(C(=O)NC)CS3)N2C)CS1. The molecule has 7 nitrogen and oxygen atoms in total. The highest BCUT2D eigenvalue weighted by Gasteiger charge is 2.50. The van der Waals surface area contributed by atoms with Crippen LogP contribution < -0.4 is 5.32 Å². The predicted octanol–water partition coefficient (Wildman–Crippen LogP) is 4.40. The number of aliphatic imine (C=N–C) groups is 2. The van der Waals surface area contributed by atoms with Gasteiger partial charge in [0.1, 0.15) is 16.3 Å². The lowest BCUT2D eigenvalue weighted by Crippen LogP contribution is -2.52. The molecule has 1 aromatic carbocycles. The Bertz CT molecular complexity index is 1100. The maximum atomic E-state index is 12.4. The van der Waals surface area contributed by atoms with Crippen LogP contribution in [0.2, 0.25) is 0 Å². The number of phenols is 1. The maximum Gasteiger partial charge on any atom is 0.248 e. The number of carbonyl (C=O) groups excluding carboxylic acids is 1. The Kier molecular flexibility index (Phi) is 9.50. The van der Waals surface area contributed by atoms with E-state index < -0.39 is 17.1 Å². The average molecular weight is 579 g/mol. The average Bonchev–Trinajstić information content (AvgIpc) is 3.62. The fourth-order valence-electron chi connectivity index (χ4n) is 5.42. The van der Waals surface area contributed by atoms with E-state index in [1.165, 1.54) is 18.4 Å². The van der Waals surface area contributed by atoms with Crippen molar-refractivity contribution in [2.45, 2.75) is 82.5 Å². The van der Waals surface area contributed by atoms with Gasteiger partial charge in [0.2, 0.25) is 5.91 Å². The summed E-state index contributed by atoms with van der Waals surface area (Å²) in [5.41, 5.74) is 0.698. The van der Waals surface area contributed by atoms with Crippen molar-refractivity contribution in [3.05, 3.63) is 29.3 Å². The topological polar surface area (TPSA) is 97.5 Å². The standard InChI is InChI=1S/C28H42N4O3S3/c1-7-8-9-11-17-12-10-13-20(33)21(17)23-30-18(14-36-23)24-32(6)19(15-37-24)22(34)27(2,3)26-31-28(4,16-38-26)25(35)29-5/h10,12-13,18-19,22,24,33-34H,7-9,11,14-16H2,1-6H3,(H,29,35)/t18-,19+,22-,24-,28-/m1/s1. The number of thioether (sulfide) groups is 3. The fraction of sp³-hybridized carbons (Fsp3) is 0.679. The lowest BCUT2D eigenvalue weighted by molar-refractivity contribution is -0.124. The predicted molar refractivity (Wildman–Crippen MR) is 164 cm³/mol. The zero-order valence-corrected chi connectivity index (χ0v) is 25.8. The van der Waals surface area contributed by atoms with Crippen molar-refractivity contribution in [3.63, 3.8) is 0 Å². The number of amides is 1. The van der Waals surface area contributed by atoms with Crippen LogP contribution in [0.1, 0.15) is 58.1 Å². The highest BCUT2D eigenvalue weighted by molar-refractivity contribution is 8.15. The minimum Gasteiger partial charge on any atom is -0.507 e. The van der Waals surface area contributed by atoms with E-state index in [-0.39, 0.29) is 23.4 Å². The summed E-state index contributed by atoms with van der Waals surface area (Å²) in [4.78, 5) is 24.6. The van der Waals surface area contributed by atoms with Gasteiger partial charge in [-0.05, 0) is 38.4 Å². The molecule has 210 valence electrons. The molecule has 1 fully saturated rings. The third kappa shape index (κ3) is 5.80. The molecule has 3 heterocycles. The number of likely N-dealkylation sites (N-methyl/N-ethyl adjacent to an activating group) is 2. The number of hydrogen-bond donors (Lipinski definition) is 3. The molecule has 5 atom stereocenters. The van der Waals surface area contributed by atoms with Crippen LogP contribution in [-0.2, 0) is 11.2 Å². The lowest BCUT2D eigenvalue weighted by Gasteiger charge is -2.38. The Morgan fingerprint density at radius 1 is 1.29 bits per heavy atom. The minimum atomic E-state index is -0.796.